The maximum absolute atomic E-state index is 12.2. The summed E-state index contributed by atoms with van der Waals surface area (Å²) < 4.78 is 5.08. The first-order valence-electron chi connectivity index (χ1n) is 7.81. The lowest BCUT2D eigenvalue weighted by atomic mass is 10.1. The van der Waals surface area contributed by atoms with Crippen LogP contribution < -0.4 is 5.32 Å². The molecule has 1 heterocycles. The number of hydrogen-bond donors (Lipinski definition) is 1. The number of aromatic nitrogens is 1. The molecule has 0 aliphatic carbocycles. The second-order valence-electron chi connectivity index (χ2n) is 5.37. The lowest BCUT2D eigenvalue weighted by molar-refractivity contribution is -0.135. The largest absolute Gasteiger partial charge is 0.451 e. The Bertz CT molecular complexity index is 730. The van der Waals surface area contributed by atoms with Gasteiger partial charge in [0.1, 0.15) is 0 Å². The summed E-state index contributed by atoms with van der Waals surface area (Å²) in [5.41, 5.74) is 1.20. The van der Waals surface area contributed by atoms with Crippen LogP contribution in [-0.2, 0) is 9.53 Å². The van der Waals surface area contributed by atoms with Gasteiger partial charge in [0.25, 0.3) is 5.91 Å². The third-order valence-electron chi connectivity index (χ3n) is 3.69. The van der Waals surface area contributed by atoms with Gasteiger partial charge in [-0.1, -0.05) is 36.4 Å². The molecule has 1 amide bonds. The Morgan fingerprint density at radius 3 is 2.80 bits per heavy atom. The van der Waals surface area contributed by atoms with Gasteiger partial charge in [0.15, 0.2) is 17.4 Å². The van der Waals surface area contributed by atoms with Crippen molar-refractivity contribution >= 4 is 28.3 Å². The lowest BCUT2D eigenvalue weighted by Gasteiger charge is -2.25. The molecule has 1 N–H and O–H groups in total. The summed E-state index contributed by atoms with van der Waals surface area (Å²) in [6.45, 7) is 5.76. The van der Waals surface area contributed by atoms with E-state index in [9.17, 15) is 9.59 Å². The van der Waals surface area contributed by atoms with Gasteiger partial charge in [0.05, 0.1) is 6.04 Å². The van der Waals surface area contributed by atoms with Crippen molar-refractivity contribution in [3.05, 3.63) is 59.6 Å². The minimum atomic E-state index is -0.614. The van der Waals surface area contributed by atoms with E-state index in [0.717, 1.165) is 5.56 Å². The first-order chi connectivity index (χ1) is 12.0. The highest BCUT2D eigenvalue weighted by molar-refractivity contribution is 7.13. The molecule has 2 aromatic rings. The van der Waals surface area contributed by atoms with Crippen LogP contribution in [0.15, 0.2) is 48.4 Å². The number of ether oxygens (including phenoxy) is 1. The minimum absolute atomic E-state index is 0.110. The summed E-state index contributed by atoms with van der Waals surface area (Å²) in [4.78, 5) is 29.9. The molecule has 6 nitrogen and oxygen atoms in total. The number of benzene rings is 1. The fraction of sp³-hybridized carbons (Fsp3) is 0.278. The molecule has 0 saturated carbocycles. The Kier molecular flexibility index (Phi) is 6.71. The van der Waals surface area contributed by atoms with Crippen LogP contribution in [0.2, 0.25) is 0 Å². The molecule has 25 heavy (non-hydrogen) atoms. The minimum Gasteiger partial charge on any atom is -0.451 e. The van der Waals surface area contributed by atoms with Gasteiger partial charge in [0, 0.05) is 19.0 Å². The van der Waals surface area contributed by atoms with Crippen LogP contribution in [0, 0.1) is 0 Å². The number of likely N-dealkylation sites (N-methyl/N-ethyl adjacent to an activating group) is 1. The zero-order valence-electron chi connectivity index (χ0n) is 14.3. The van der Waals surface area contributed by atoms with Gasteiger partial charge in [-0.3, -0.25) is 4.79 Å². The lowest BCUT2D eigenvalue weighted by Crippen LogP contribution is -2.33. The van der Waals surface area contributed by atoms with Crippen LogP contribution in [0.4, 0.5) is 5.13 Å². The predicted molar refractivity (Wildman–Crippen MR) is 98.7 cm³/mol. The van der Waals surface area contributed by atoms with E-state index in [1.165, 1.54) is 11.3 Å². The average molecular weight is 359 g/mol. The summed E-state index contributed by atoms with van der Waals surface area (Å²) in [6, 6.07) is 9.56. The number of hydrogen-bond acceptors (Lipinski definition) is 6. The Hall–Kier alpha value is -2.67. The molecule has 1 aromatic heterocycles. The molecule has 1 atom stereocenters. The Balaban J connectivity index is 1.87. The number of rotatable bonds is 8. The number of anilines is 1. The summed E-state index contributed by atoms with van der Waals surface area (Å²) in [7, 11) is 1.69. The SMILES string of the molecule is C=CCNc1nc(C(=O)OCC(=O)N(C)C(C)c2ccccc2)cs1. The molecule has 132 valence electrons. The van der Waals surface area contributed by atoms with Crippen molar-refractivity contribution in [3.63, 3.8) is 0 Å². The summed E-state index contributed by atoms with van der Waals surface area (Å²) in [6.07, 6.45) is 1.70. The van der Waals surface area contributed by atoms with Gasteiger partial charge in [-0.15, -0.1) is 17.9 Å². The Morgan fingerprint density at radius 2 is 2.12 bits per heavy atom. The van der Waals surface area contributed by atoms with Crippen LogP contribution in [0.5, 0.6) is 0 Å². The Labute approximate surface area is 151 Å². The van der Waals surface area contributed by atoms with Crippen LogP contribution >= 0.6 is 11.3 Å². The Morgan fingerprint density at radius 1 is 1.40 bits per heavy atom. The zero-order valence-corrected chi connectivity index (χ0v) is 15.1. The maximum atomic E-state index is 12.2. The smallest absolute Gasteiger partial charge is 0.358 e. The number of amides is 1. The third-order valence-corrected chi connectivity index (χ3v) is 4.49. The number of nitrogens with one attached hydrogen (secondary N) is 1. The molecule has 0 spiro atoms. The second-order valence-corrected chi connectivity index (χ2v) is 6.23. The molecular formula is C18H21N3O3S. The summed E-state index contributed by atoms with van der Waals surface area (Å²) in [5, 5.41) is 5.19. The van der Waals surface area contributed by atoms with E-state index in [1.54, 1.807) is 23.4 Å². The molecule has 1 aromatic carbocycles. The van der Waals surface area contributed by atoms with Crippen LogP contribution in [0.3, 0.4) is 0 Å². The van der Waals surface area contributed by atoms with Crippen molar-refractivity contribution in [3.8, 4) is 0 Å². The van der Waals surface area contributed by atoms with E-state index in [1.807, 2.05) is 37.3 Å². The van der Waals surface area contributed by atoms with Crippen molar-refractivity contribution in [2.75, 3.05) is 25.5 Å². The first-order valence-corrected chi connectivity index (χ1v) is 8.69. The van der Waals surface area contributed by atoms with Gasteiger partial charge >= 0.3 is 5.97 Å². The van der Waals surface area contributed by atoms with Crippen LogP contribution in [0.1, 0.15) is 29.0 Å². The van der Waals surface area contributed by atoms with Crippen molar-refractivity contribution in [2.24, 2.45) is 0 Å². The molecule has 0 saturated heterocycles. The number of carbonyl (C=O) groups is 2. The molecular weight excluding hydrogens is 338 g/mol. The highest BCUT2D eigenvalue weighted by atomic mass is 32.1. The van der Waals surface area contributed by atoms with Crippen molar-refractivity contribution in [1.82, 2.24) is 9.88 Å². The highest BCUT2D eigenvalue weighted by Gasteiger charge is 2.20. The molecule has 0 fully saturated rings. The van der Waals surface area contributed by atoms with Crippen molar-refractivity contribution < 1.29 is 14.3 Å². The summed E-state index contributed by atoms with van der Waals surface area (Å²) in [5.74, 6) is -0.887. The van der Waals surface area contributed by atoms with E-state index in [-0.39, 0.29) is 24.2 Å². The number of esters is 1. The summed E-state index contributed by atoms with van der Waals surface area (Å²) >= 11 is 1.29. The maximum Gasteiger partial charge on any atom is 0.358 e. The molecule has 0 aliphatic heterocycles. The standard InChI is InChI=1S/C18H21N3O3S/c1-4-10-19-18-20-15(12-25-18)17(23)24-11-16(22)21(3)13(2)14-8-6-5-7-9-14/h4-9,12-13H,1,10-11H2,2-3H3,(H,19,20). The van der Waals surface area contributed by atoms with E-state index < -0.39 is 5.97 Å². The molecule has 0 aliphatic rings. The van der Waals surface area contributed by atoms with Gasteiger partial charge in [0.2, 0.25) is 0 Å². The molecule has 1 unspecified atom stereocenters. The number of thiazole rings is 1. The first kappa shape index (κ1) is 18.7. The van der Waals surface area contributed by atoms with Crippen LogP contribution in [0.25, 0.3) is 0 Å². The van der Waals surface area contributed by atoms with Crippen LogP contribution in [-0.4, -0.2) is 42.0 Å². The number of nitrogens with zero attached hydrogens (tertiary/aromatic N) is 2. The van der Waals surface area contributed by atoms with Gasteiger partial charge in [-0.2, -0.15) is 0 Å². The van der Waals surface area contributed by atoms with Gasteiger partial charge in [-0.25, -0.2) is 9.78 Å². The third kappa shape index (κ3) is 5.15. The highest BCUT2D eigenvalue weighted by Crippen LogP contribution is 2.19. The topological polar surface area (TPSA) is 71.5 Å². The van der Waals surface area contributed by atoms with Gasteiger partial charge < -0.3 is 15.0 Å². The fourth-order valence-corrected chi connectivity index (χ4v) is 2.77. The average Bonchev–Trinajstić information content (AvgIpc) is 3.12. The van der Waals surface area contributed by atoms with E-state index >= 15 is 0 Å². The number of carbonyl (C=O) groups excluding carboxylic acids is 2. The molecule has 2 rings (SSSR count). The van der Waals surface area contributed by atoms with E-state index in [0.29, 0.717) is 11.7 Å². The quantitative estimate of drug-likeness (QED) is 0.579. The predicted octanol–water partition coefficient (Wildman–Crippen LogP) is 3.12. The van der Waals surface area contributed by atoms with Crippen molar-refractivity contribution in [2.45, 2.75) is 13.0 Å². The second kappa shape index (κ2) is 8.98. The fourth-order valence-electron chi connectivity index (χ4n) is 2.08. The molecule has 7 heteroatoms. The monoisotopic (exact) mass is 359 g/mol. The van der Waals surface area contributed by atoms with Crippen molar-refractivity contribution in [1.29, 1.82) is 0 Å². The molecule has 0 bridgehead atoms. The molecule has 0 radical (unpaired) electrons. The van der Waals surface area contributed by atoms with E-state index in [4.69, 9.17) is 4.74 Å². The van der Waals surface area contributed by atoms with E-state index in [2.05, 4.69) is 16.9 Å². The van der Waals surface area contributed by atoms with Gasteiger partial charge in [-0.05, 0) is 12.5 Å². The zero-order chi connectivity index (χ0) is 18.2. The normalized spacial score (nSPS) is 11.4.